The summed E-state index contributed by atoms with van der Waals surface area (Å²) in [6.07, 6.45) is 0.641. The number of rotatable bonds is 2. The molecule has 0 aliphatic carbocycles. The molecule has 2 rings (SSSR count). The minimum atomic E-state index is -0.498. The Morgan fingerprint density at radius 1 is 1.50 bits per heavy atom. The van der Waals surface area contributed by atoms with E-state index in [9.17, 15) is 4.79 Å². The summed E-state index contributed by atoms with van der Waals surface area (Å²) in [6, 6.07) is 3.30. The Morgan fingerprint density at radius 3 is 2.93 bits per heavy atom. The molecule has 14 heavy (non-hydrogen) atoms. The van der Waals surface area contributed by atoms with Gasteiger partial charge in [0, 0.05) is 6.42 Å². The highest BCUT2D eigenvalue weighted by Gasteiger charge is 2.22. The Labute approximate surface area is 84.7 Å². The number of halogens is 1. The van der Waals surface area contributed by atoms with Gasteiger partial charge in [-0.15, -0.1) is 10.2 Å². The van der Waals surface area contributed by atoms with Gasteiger partial charge in [-0.05, 0) is 12.1 Å². The van der Waals surface area contributed by atoms with E-state index in [0.717, 1.165) is 0 Å². The third-order valence-electron chi connectivity index (χ3n) is 1.77. The largest absolute Gasteiger partial charge is 0.384 e. The third kappa shape index (κ3) is 1.72. The Hall–Kier alpha value is -1.49. The lowest BCUT2D eigenvalue weighted by Gasteiger charge is -1.96. The molecule has 0 bridgehead atoms. The van der Waals surface area contributed by atoms with E-state index in [-0.39, 0.29) is 0 Å². The number of hydrogen-bond acceptors (Lipinski definition) is 5. The van der Waals surface area contributed by atoms with Crippen molar-refractivity contribution in [2.75, 3.05) is 0 Å². The lowest BCUT2D eigenvalue weighted by molar-refractivity contribution is -0.116. The molecule has 1 aromatic heterocycles. The predicted octanol–water partition coefficient (Wildman–Crippen LogP) is 0.822. The zero-order chi connectivity index (χ0) is 9.97. The SMILES string of the molecule is O=CC1CC(c2ccc(Cl)nn2)=NO1. The molecule has 0 radical (unpaired) electrons. The van der Waals surface area contributed by atoms with Crippen molar-refractivity contribution in [3.63, 3.8) is 0 Å². The molecule has 1 atom stereocenters. The number of carbonyl (C=O) groups excluding carboxylic acids is 1. The van der Waals surface area contributed by atoms with E-state index in [1.54, 1.807) is 12.1 Å². The van der Waals surface area contributed by atoms with Gasteiger partial charge in [-0.3, -0.25) is 4.79 Å². The maximum absolute atomic E-state index is 10.4. The van der Waals surface area contributed by atoms with Crippen molar-refractivity contribution in [3.8, 4) is 0 Å². The van der Waals surface area contributed by atoms with Crippen molar-refractivity contribution in [3.05, 3.63) is 23.0 Å². The van der Waals surface area contributed by atoms with Crippen molar-refractivity contribution in [2.24, 2.45) is 5.16 Å². The molecule has 0 saturated carbocycles. The second-order valence-corrected chi connectivity index (χ2v) is 3.15. The van der Waals surface area contributed by atoms with Gasteiger partial charge in [-0.25, -0.2) is 0 Å². The molecule has 0 spiro atoms. The van der Waals surface area contributed by atoms with Gasteiger partial charge >= 0.3 is 0 Å². The molecular formula is C8H6ClN3O2. The highest BCUT2D eigenvalue weighted by Crippen LogP contribution is 2.14. The normalized spacial score (nSPS) is 20.1. The van der Waals surface area contributed by atoms with Gasteiger partial charge in [-0.2, -0.15) is 0 Å². The van der Waals surface area contributed by atoms with Crippen LogP contribution in [0.4, 0.5) is 0 Å². The first kappa shape index (κ1) is 9.08. The van der Waals surface area contributed by atoms with Gasteiger partial charge < -0.3 is 4.84 Å². The average molecular weight is 212 g/mol. The highest BCUT2D eigenvalue weighted by molar-refractivity contribution is 6.29. The van der Waals surface area contributed by atoms with Crippen LogP contribution in [-0.2, 0) is 9.63 Å². The van der Waals surface area contributed by atoms with Crippen LogP contribution < -0.4 is 0 Å². The van der Waals surface area contributed by atoms with E-state index in [2.05, 4.69) is 15.4 Å². The van der Waals surface area contributed by atoms with Crippen LogP contribution in [0.1, 0.15) is 12.1 Å². The molecule has 72 valence electrons. The molecule has 0 aromatic carbocycles. The van der Waals surface area contributed by atoms with Crippen molar-refractivity contribution < 1.29 is 9.63 Å². The summed E-state index contributed by atoms with van der Waals surface area (Å²) in [6.45, 7) is 0. The van der Waals surface area contributed by atoms with E-state index in [1.165, 1.54) is 0 Å². The summed E-state index contributed by atoms with van der Waals surface area (Å²) in [5, 5.41) is 11.5. The molecule has 0 saturated heterocycles. The Balaban J connectivity index is 2.17. The minimum Gasteiger partial charge on any atom is -0.384 e. The fourth-order valence-corrected chi connectivity index (χ4v) is 1.19. The third-order valence-corrected chi connectivity index (χ3v) is 1.97. The number of nitrogens with zero attached hydrogens (tertiary/aromatic N) is 3. The molecule has 1 unspecified atom stereocenters. The molecule has 1 aliphatic rings. The smallest absolute Gasteiger partial charge is 0.188 e. The van der Waals surface area contributed by atoms with Crippen LogP contribution >= 0.6 is 11.6 Å². The summed E-state index contributed by atoms with van der Waals surface area (Å²) in [4.78, 5) is 15.2. The van der Waals surface area contributed by atoms with Crippen LogP contribution in [0.25, 0.3) is 0 Å². The number of aromatic nitrogens is 2. The molecular weight excluding hydrogens is 206 g/mol. The van der Waals surface area contributed by atoms with E-state index >= 15 is 0 Å². The predicted molar refractivity (Wildman–Crippen MR) is 49.1 cm³/mol. The molecule has 1 aliphatic heterocycles. The lowest BCUT2D eigenvalue weighted by Crippen LogP contribution is -2.10. The average Bonchev–Trinajstić information content (AvgIpc) is 2.67. The van der Waals surface area contributed by atoms with Gasteiger partial charge in [0.1, 0.15) is 11.4 Å². The Kier molecular flexibility index (Phi) is 2.41. The van der Waals surface area contributed by atoms with Crippen LogP contribution in [0.3, 0.4) is 0 Å². The molecule has 1 aromatic rings. The van der Waals surface area contributed by atoms with E-state index in [0.29, 0.717) is 29.3 Å². The van der Waals surface area contributed by atoms with Crippen LogP contribution in [0.15, 0.2) is 17.3 Å². The van der Waals surface area contributed by atoms with Crippen molar-refractivity contribution in [1.29, 1.82) is 0 Å². The first-order chi connectivity index (χ1) is 6.79. The zero-order valence-corrected chi connectivity index (χ0v) is 7.81. The zero-order valence-electron chi connectivity index (χ0n) is 7.05. The van der Waals surface area contributed by atoms with Gasteiger partial charge in [0.05, 0.1) is 0 Å². The number of aldehydes is 1. The summed E-state index contributed by atoms with van der Waals surface area (Å²) in [5.74, 6) is 0. The Morgan fingerprint density at radius 2 is 2.36 bits per heavy atom. The number of oxime groups is 1. The molecule has 0 N–H and O–H groups in total. The van der Waals surface area contributed by atoms with Crippen LogP contribution in [-0.4, -0.2) is 28.3 Å². The minimum absolute atomic E-state index is 0.320. The maximum atomic E-state index is 10.4. The van der Waals surface area contributed by atoms with Gasteiger partial charge in [0.25, 0.3) is 0 Å². The van der Waals surface area contributed by atoms with Crippen LogP contribution in [0.2, 0.25) is 5.15 Å². The van der Waals surface area contributed by atoms with E-state index in [1.807, 2.05) is 0 Å². The summed E-state index contributed by atoms with van der Waals surface area (Å²) < 4.78 is 0. The summed E-state index contributed by atoms with van der Waals surface area (Å²) in [5.41, 5.74) is 1.20. The molecule has 0 fully saturated rings. The highest BCUT2D eigenvalue weighted by atomic mass is 35.5. The number of hydrogen-bond donors (Lipinski definition) is 0. The van der Waals surface area contributed by atoms with Gasteiger partial charge in [0.15, 0.2) is 17.5 Å². The summed E-state index contributed by atoms with van der Waals surface area (Å²) >= 11 is 5.57. The van der Waals surface area contributed by atoms with Crippen LogP contribution in [0.5, 0.6) is 0 Å². The van der Waals surface area contributed by atoms with Gasteiger partial charge in [0.2, 0.25) is 0 Å². The molecule has 0 amide bonds. The van der Waals surface area contributed by atoms with E-state index in [4.69, 9.17) is 16.4 Å². The molecule has 6 heteroatoms. The maximum Gasteiger partial charge on any atom is 0.188 e. The second-order valence-electron chi connectivity index (χ2n) is 2.76. The van der Waals surface area contributed by atoms with Crippen LogP contribution in [0, 0.1) is 0 Å². The molecule has 5 nitrogen and oxygen atoms in total. The quantitative estimate of drug-likeness (QED) is 0.680. The van der Waals surface area contributed by atoms with Crippen molar-refractivity contribution in [2.45, 2.75) is 12.5 Å². The van der Waals surface area contributed by atoms with Gasteiger partial charge in [-0.1, -0.05) is 16.8 Å². The lowest BCUT2D eigenvalue weighted by atomic mass is 10.1. The second kappa shape index (κ2) is 3.71. The first-order valence-electron chi connectivity index (χ1n) is 3.97. The monoisotopic (exact) mass is 211 g/mol. The first-order valence-corrected chi connectivity index (χ1v) is 4.35. The van der Waals surface area contributed by atoms with E-state index < -0.39 is 6.10 Å². The van der Waals surface area contributed by atoms with Crippen molar-refractivity contribution in [1.82, 2.24) is 10.2 Å². The summed E-state index contributed by atoms with van der Waals surface area (Å²) in [7, 11) is 0. The fraction of sp³-hybridized carbons (Fsp3) is 0.250. The Bertz CT molecular complexity index is 377. The molecule has 2 heterocycles. The standard InChI is InChI=1S/C8H6ClN3O2/c9-8-2-1-6(10-11-8)7-3-5(4-13)14-12-7/h1-2,4-5H,3H2. The number of carbonyl (C=O) groups is 1. The fourth-order valence-electron chi connectivity index (χ4n) is 1.09. The van der Waals surface area contributed by atoms with Crippen molar-refractivity contribution >= 4 is 23.6 Å². The topological polar surface area (TPSA) is 64.4 Å².